The average Bonchev–Trinajstić information content (AvgIpc) is 3.27. The molecule has 0 spiro atoms. The van der Waals surface area contributed by atoms with Gasteiger partial charge >= 0.3 is 0 Å². The first-order valence-electron chi connectivity index (χ1n) is 8.83. The topological polar surface area (TPSA) is 58.5 Å². The molecule has 3 rings (SSSR count). The molecule has 2 N–H and O–H groups in total. The van der Waals surface area contributed by atoms with Crippen molar-refractivity contribution in [2.45, 2.75) is 51.8 Å². The minimum atomic E-state index is 0. The Kier molecular flexibility index (Phi) is 8.64. The van der Waals surface area contributed by atoms with E-state index in [1.165, 1.54) is 23.3 Å². The first-order chi connectivity index (χ1) is 12.2. The van der Waals surface area contributed by atoms with Gasteiger partial charge in [-0.2, -0.15) is 0 Å². The quantitative estimate of drug-likeness (QED) is 0.364. The van der Waals surface area contributed by atoms with Crippen LogP contribution in [0.25, 0.3) is 0 Å². The van der Waals surface area contributed by atoms with Crippen LogP contribution in [-0.4, -0.2) is 24.1 Å². The van der Waals surface area contributed by atoms with Gasteiger partial charge in [0.2, 0.25) is 5.88 Å². The number of nitrogens with one attached hydrogen (secondary N) is 2. The van der Waals surface area contributed by atoms with Crippen LogP contribution in [0.3, 0.4) is 0 Å². The zero-order chi connectivity index (χ0) is 17.5. The summed E-state index contributed by atoms with van der Waals surface area (Å²) >= 11 is 1.76. The molecule has 0 saturated heterocycles. The van der Waals surface area contributed by atoms with E-state index in [-0.39, 0.29) is 24.0 Å². The third-order valence-electron chi connectivity index (χ3n) is 4.46. The van der Waals surface area contributed by atoms with Crippen LogP contribution in [0.5, 0.6) is 5.88 Å². The third-order valence-corrected chi connectivity index (χ3v) is 5.48. The summed E-state index contributed by atoms with van der Waals surface area (Å²) in [4.78, 5) is 9.96. The fraction of sp³-hybridized carbons (Fsp3) is 0.474. The maximum atomic E-state index is 5.98. The highest BCUT2D eigenvalue weighted by Crippen LogP contribution is 2.23. The van der Waals surface area contributed by atoms with Crippen molar-refractivity contribution in [3.63, 3.8) is 0 Å². The molecule has 0 atom stereocenters. The minimum absolute atomic E-state index is 0. The second kappa shape index (κ2) is 10.7. The van der Waals surface area contributed by atoms with E-state index in [2.05, 4.69) is 39.0 Å². The summed E-state index contributed by atoms with van der Waals surface area (Å²) in [6.45, 7) is 3.61. The molecule has 142 valence electrons. The van der Waals surface area contributed by atoms with E-state index in [0.29, 0.717) is 12.6 Å². The first-order valence-corrected chi connectivity index (χ1v) is 9.71. The zero-order valence-corrected chi connectivity index (χ0v) is 18.5. The fourth-order valence-electron chi connectivity index (χ4n) is 2.96. The molecule has 0 aliphatic heterocycles. The van der Waals surface area contributed by atoms with Crippen molar-refractivity contribution in [3.8, 4) is 5.88 Å². The van der Waals surface area contributed by atoms with Crippen LogP contribution in [0.15, 0.2) is 34.8 Å². The second-order valence-corrected chi connectivity index (χ2v) is 7.33. The zero-order valence-electron chi connectivity index (χ0n) is 15.3. The summed E-state index contributed by atoms with van der Waals surface area (Å²) in [5.74, 6) is 1.52. The highest BCUT2D eigenvalue weighted by atomic mass is 127. The molecule has 0 amide bonds. The molecule has 7 heteroatoms. The predicted octanol–water partition coefficient (Wildman–Crippen LogP) is 4.26. The number of aliphatic imine (C=N–C) groups is 1. The number of ether oxygens (including phenoxy) is 1. The Hall–Kier alpha value is -1.35. The number of guanidine groups is 1. The van der Waals surface area contributed by atoms with E-state index >= 15 is 0 Å². The lowest BCUT2D eigenvalue weighted by Gasteiger charge is -2.14. The van der Waals surface area contributed by atoms with Crippen LogP contribution >= 0.6 is 35.3 Å². The molecule has 0 radical (unpaired) electrons. The SMILES string of the molecule is CN=C(NCc1ccnc(OC2CCCC2)c1)NCc1sccc1C.I. The molecule has 0 aromatic carbocycles. The van der Waals surface area contributed by atoms with Gasteiger partial charge in [0.15, 0.2) is 5.96 Å². The summed E-state index contributed by atoms with van der Waals surface area (Å²) in [6.07, 6.45) is 6.95. The van der Waals surface area contributed by atoms with Gasteiger partial charge in [0.25, 0.3) is 0 Å². The third kappa shape index (κ3) is 6.12. The van der Waals surface area contributed by atoms with Crippen LogP contribution in [0.1, 0.15) is 41.7 Å². The lowest BCUT2D eigenvalue weighted by Crippen LogP contribution is -2.36. The molecular formula is C19H27IN4OS. The summed E-state index contributed by atoms with van der Waals surface area (Å²) < 4.78 is 5.98. The van der Waals surface area contributed by atoms with Crippen molar-refractivity contribution >= 4 is 41.3 Å². The van der Waals surface area contributed by atoms with Gasteiger partial charge < -0.3 is 15.4 Å². The van der Waals surface area contributed by atoms with Gasteiger partial charge in [-0.05, 0) is 61.2 Å². The summed E-state index contributed by atoms with van der Waals surface area (Å²) in [7, 11) is 1.79. The molecular weight excluding hydrogens is 459 g/mol. The maximum Gasteiger partial charge on any atom is 0.213 e. The molecule has 2 aromatic rings. The Labute approximate surface area is 176 Å². The lowest BCUT2D eigenvalue weighted by atomic mass is 10.2. The molecule has 1 aliphatic carbocycles. The highest BCUT2D eigenvalue weighted by Gasteiger charge is 2.17. The molecule has 1 saturated carbocycles. The fourth-order valence-corrected chi connectivity index (χ4v) is 3.80. The second-order valence-electron chi connectivity index (χ2n) is 6.33. The largest absolute Gasteiger partial charge is 0.474 e. The monoisotopic (exact) mass is 486 g/mol. The normalized spacial score (nSPS) is 14.8. The number of aryl methyl sites for hydroxylation is 1. The van der Waals surface area contributed by atoms with Gasteiger partial charge in [0, 0.05) is 30.7 Å². The summed E-state index contributed by atoms with van der Waals surface area (Å²) in [6, 6.07) is 6.16. The van der Waals surface area contributed by atoms with Gasteiger partial charge in [0.1, 0.15) is 6.10 Å². The molecule has 5 nitrogen and oxygen atoms in total. The lowest BCUT2D eigenvalue weighted by molar-refractivity contribution is 0.201. The molecule has 2 heterocycles. The van der Waals surface area contributed by atoms with E-state index in [1.54, 1.807) is 18.4 Å². The van der Waals surface area contributed by atoms with Crippen LogP contribution in [0.4, 0.5) is 0 Å². The molecule has 0 unspecified atom stereocenters. The molecule has 2 aromatic heterocycles. The number of aromatic nitrogens is 1. The van der Waals surface area contributed by atoms with Gasteiger partial charge in [-0.25, -0.2) is 4.98 Å². The van der Waals surface area contributed by atoms with E-state index in [9.17, 15) is 0 Å². The number of halogens is 1. The van der Waals surface area contributed by atoms with Gasteiger partial charge in [-0.1, -0.05) is 0 Å². The van der Waals surface area contributed by atoms with Crippen LogP contribution in [-0.2, 0) is 13.1 Å². The smallest absolute Gasteiger partial charge is 0.213 e. The number of hydrogen-bond donors (Lipinski definition) is 2. The Morgan fingerprint density at radius 2 is 2.04 bits per heavy atom. The maximum absolute atomic E-state index is 5.98. The van der Waals surface area contributed by atoms with Gasteiger partial charge in [-0.15, -0.1) is 35.3 Å². The van der Waals surface area contributed by atoms with E-state index in [4.69, 9.17) is 4.74 Å². The van der Waals surface area contributed by atoms with Crippen molar-refractivity contribution in [3.05, 3.63) is 45.8 Å². The number of hydrogen-bond acceptors (Lipinski definition) is 4. The Morgan fingerprint density at radius 3 is 2.73 bits per heavy atom. The van der Waals surface area contributed by atoms with Crippen molar-refractivity contribution in [2.75, 3.05) is 7.05 Å². The standard InChI is InChI=1S/C19H26N4OS.HI/c1-14-8-10-25-17(14)13-23-19(20-2)22-12-15-7-9-21-18(11-15)24-16-5-3-4-6-16;/h7-11,16H,3-6,12-13H2,1-2H3,(H2,20,22,23);1H. The van der Waals surface area contributed by atoms with Crippen molar-refractivity contribution in [2.24, 2.45) is 4.99 Å². The van der Waals surface area contributed by atoms with Crippen LogP contribution in [0, 0.1) is 6.92 Å². The molecule has 1 aliphatic rings. The molecule has 1 fully saturated rings. The van der Waals surface area contributed by atoms with Crippen molar-refractivity contribution < 1.29 is 4.74 Å². The highest BCUT2D eigenvalue weighted by molar-refractivity contribution is 14.0. The number of pyridine rings is 1. The van der Waals surface area contributed by atoms with Crippen molar-refractivity contribution in [1.82, 2.24) is 15.6 Å². The minimum Gasteiger partial charge on any atom is -0.474 e. The van der Waals surface area contributed by atoms with Crippen LogP contribution < -0.4 is 15.4 Å². The Balaban J connectivity index is 0.00000243. The Bertz CT molecular complexity index is 713. The molecule has 0 bridgehead atoms. The van der Waals surface area contributed by atoms with E-state index < -0.39 is 0 Å². The van der Waals surface area contributed by atoms with Gasteiger partial charge in [0.05, 0.1) is 6.54 Å². The molecule has 26 heavy (non-hydrogen) atoms. The van der Waals surface area contributed by atoms with Crippen molar-refractivity contribution in [1.29, 1.82) is 0 Å². The number of nitrogens with zero attached hydrogens (tertiary/aromatic N) is 2. The first kappa shape index (κ1) is 21.0. The predicted molar refractivity (Wildman–Crippen MR) is 119 cm³/mol. The summed E-state index contributed by atoms with van der Waals surface area (Å²) in [5, 5.41) is 8.82. The van der Waals surface area contributed by atoms with Crippen LogP contribution in [0.2, 0.25) is 0 Å². The van der Waals surface area contributed by atoms with E-state index in [1.807, 2.05) is 18.3 Å². The number of thiophene rings is 1. The van der Waals surface area contributed by atoms with E-state index in [0.717, 1.165) is 36.8 Å². The number of rotatable bonds is 6. The Morgan fingerprint density at radius 1 is 1.27 bits per heavy atom. The average molecular weight is 486 g/mol. The van der Waals surface area contributed by atoms with Gasteiger partial charge in [-0.3, -0.25) is 4.99 Å². The summed E-state index contributed by atoms with van der Waals surface area (Å²) in [5.41, 5.74) is 2.45.